The number of rotatable bonds is 56. The zero-order chi connectivity index (χ0) is 100. The molecule has 14 rings (SSSR count). The van der Waals surface area contributed by atoms with Gasteiger partial charge in [0.2, 0.25) is 0 Å². The minimum Gasteiger partial charge on any atom is -0.497 e. The Morgan fingerprint density at radius 2 is 0.182 bits per heavy atom. The van der Waals surface area contributed by atoms with E-state index >= 15 is 0 Å². The van der Waals surface area contributed by atoms with E-state index in [1.54, 1.807) is 114 Å². The van der Waals surface area contributed by atoms with Crippen molar-refractivity contribution in [3.63, 3.8) is 0 Å². The predicted molar refractivity (Wildman–Crippen MR) is 540 cm³/mol. The van der Waals surface area contributed by atoms with Gasteiger partial charge in [0.25, 0.3) is 0 Å². The van der Waals surface area contributed by atoms with Crippen LogP contribution in [-0.4, -0.2) is 129 Å². The van der Waals surface area contributed by atoms with Crippen molar-refractivity contribution in [2.45, 2.75) is 89.9 Å². The monoisotopic (exact) mass is 2010 g/mol. The van der Waals surface area contributed by atoms with Crippen molar-refractivity contribution >= 4 is 15.0 Å². The first-order chi connectivity index (χ1) is 69.8. The van der Waals surface area contributed by atoms with Gasteiger partial charge in [-0.05, 0) is 97.1 Å². The second-order valence-corrected chi connectivity index (χ2v) is 34.7. The van der Waals surface area contributed by atoms with Crippen LogP contribution < -0.4 is 133 Å². The van der Waals surface area contributed by atoms with Gasteiger partial charge in [-0.1, -0.05) is 0 Å². The van der Waals surface area contributed by atoms with E-state index < -0.39 is 0 Å². The quantitative estimate of drug-likeness (QED) is 0.0321. The van der Waals surface area contributed by atoms with Gasteiger partial charge < -0.3 is 75.8 Å². The molecule has 0 bridgehead atoms. The molecule has 0 saturated heterocycles. The fourth-order valence-corrected chi connectivity index (χ4v) is 17.1. The molecule has 28 nitrogen and oxygen atoms in total. The van der Waals surface area contributed by atoms with E-state index in [0.717, 1.165) is 77.9 Å². The predicted octanol–water partition coefficient (Wildman–Crippen LogP) is 22.2. The Morgan fingerprint density at radius 1 is 0.105 bits per heavy atom. The zero-order valence-corrected chi connectivity index (χ0v) is 84.7. The van der Waals surface area contributed by atoms with E-state index in [2.05, 4.69) is 0 Å². The summed E-state index contributed by atoms with van der Waals surface area (Å²) in [6.07, 6.45) is 0. The standard InChI is InChI=1S/C114H118O28Se/c1-115-87-17-73(18-88(45-87)116-2)59-131-103-33-81(34-104(53-103)132-60-74-19-89(117-3)46-90(20-74)118-4)67-139-111-41-85(42-112(57-111)140-68-82-35-105(133-61-75-21-91(119-5)47-92(22-75)120-6)54-106(36-82)134-62-76-23-93(121-7)48-94(24-76)122-8)71-143-72-86-43-113(141-69-83-37-107(135-63-77-25-95(123-9)49-96(26-77)124-10)55-108(38-83)136-64-78-27-97(125-11)50-98(28-78)126-12)58-114(44-86)142-70-84-39-109(137-65-79-29-99(127-13)51-100(30-79)128-14)56-110(40-84)138-66-80-31-101(129-15)52-102(32-80)130-16/h17-58H,59-72H2,1-16H3. The fourth-order valence-electron chi connectivity index (χ4n) is 15.2. The van der Waals surface area contributed by atoms with Gasteiger partial charge in [0.05, 0.1) is 114 Å². The molecule has 0 fully saturated rings. The van der Waals surface area contributed by atoms with Crippen LogP contribution in [-0.2, 0) is 89.9 Å². The van der Waals surface area contributed by atoms with Gasteiger partial charge in [-0.25, -0.2) is 0 Å². The number of hydrogen-bond donors (Lipinski definition) is 0. The number of methoxy groups -OCH3 is 16. The van der Waals surface area contributed by atoms with Crippen LogP contribution in [0.25, 0.3) is 0 Å². The molecule has 0 aliphatic heterocycles. The van der Waals surface area contributed by atoms with Crippen molar-refractivity contribution in [2.75, 3.05) is 114 Å². The average Bonchev–Trinajstić information content (AvgIpc) is 0.906. The van der Waals surface area contributed by atoms with Crippen LogP contribution in [0.1, 0.15) is 77.9 Å². The SMILES string of the molecule is COc1cc(COc2cc(COc3cc(C[Se]Cc4cc(OCc5cc(OCc6cc(OC)cc(OC)c6)cc(OCc6cc(OC)cc(OC)c6)c5)cc(OCc5cc(OCc6cc(OC)cc(OC)c6)cc(OCc6cc(OC)cc(OC)c6)c5)c4)cc(OCc4cc(OCc5cc(OC)cc(OC)c5)cc(OCc5cc(OC)cc(OC)c5)c4)c3)cc(OCc3cc(OC)cc(OC)c3)c2)cc(OC)c1. The molecule has 143 heavy (non-hydrogen) atoms. The number of hydrogen-bond acceptors (Lipinski definition) is 28. The van der Waals surface area contributed by atoms with Crippen LogP contribution in [0.15, 0.2) is 255 Å². The summed E-state index contributed by atoms with van der Waals surface area (Å²) in [5.74, 6) is 16.1. The molecule has 14 aromatic rings. The summed E-state index contributed by atoms with van der Waals surface area (Å²) < 4.78 is 171. The summed E-state index contributed by atoms with van der Waals surface area (Å²) in [6, 6.07) is 79.6. The first-order valence-corrected chi connectivity index (χ1v) is 47.9. The van der Waals surface area contributed by atoms with Crippen molar-refractivity contribution < 1.29 is 133 Å². The molecule has 0 amide bonds. The normalized spacial score (nSPS) is 10.8. The summed E-state index contributed by atoms with van der Waals surface area (Å²) in [6.45, 7) is 1.64. The smallest absolute Gasteiger partial charge is 0.122 e. The summed E-state index contributed by atoms with van der Waals surface area (Å²) in [7, 11) is 25.7. The van der Waals surface area contributed by atoms with Gasteiger partial charge in [-0.2, -0.15) is 0 Å². The van der Waals surface area contributed by atoms with Crippen LogP contribution in [0, 0.1) is 0 Å². The molecule has 0 spiro atoms. The van der Waals surface area contributed by atoms with Crippen LogP contribution in [0.4, 0.5) is 0 Å². The Kier molecular flexibility index (Phi) is 37.2. The topological polar surface area (TPSA) is 258 Å². The van der Waals surface area contributed by atoms with Crippen molar-refractivity contribution in [1.82, 2.24) is 0 Å². The Hall–Kier alpha value is -16.0. The van der Waals surface area contributed by atoms with Gasteiger partial charge in [-0.3, -0.25) is 0 Å². The van der Waals surface area contributed by atoms with E-state index in [-0.39, 0.29) is 94.2 Å². The second-order valence-electron chi connectivity index (χ2n) is 32.6. The van der Waals surface area contributed by atoms with Gasteiger partial charge >= 0.3 is 418 Å². The van der Waals surface area contributed by atoms with Gasteiger partial charge in [-0.15, -0.1) is 0 Å². The van der Waals surface area contributed by atoms with Crippen molar-refractivity contribution in [3.8, 4) is 161 Å². The van der Waals surface area contributed by atoms with Gasteiger partial charge in [0.15, 0.2) is 0 Å². The molecule has 0 saturated carbocycles. The molecule has 0 aliphatic rings. The minimum atomic E-state index is -0.171. The first kappa shape index (κ1) is 103. The van der Waals surface area contributed by atoms with Gasteiger partial charge in [0.1, 0.15) is 92.0 Å². The Morgan fingerprint density at radius 3 is 0.273 bits per heavy atom. The largest absolute Gasteiger partial charge is 0.497 e. The maximum absolute atomic E-state index is 6.96. The second kappa shape index (κ2) is 51.8. The van der Waals surface area contributed by atoms with Crippen molar-refractivity contribution in [3.05, 3.63) is 333 Å². The molecule has 14 aromatic carbocycles. The molecule has 0 atom stereocenters. The van der Waals surface area contributed by atoms with Crippen LogP contribution in [0.2, 0.25) is 0 Å². The molecule has 0 radical (unpaired) electrons. The minimum absolute atomic E-state index is 0.0722. The molecular formula is C114H118O28Se. The molecule has 0 aromatic heterocycles. The average molecular weight is 2020 g/mol. The zero-order valence-electron chi connectivity index (χ0n) is 83.0. The maximum atomic E-state index is 6.96. The van der Waals surface area contributed by atoms with Crippen molar-refractivity contribution in [2.24, 2.45) is 0 Å². The van der Waals surface area contributed by atoms with Crippen LogP contribution >= 0.6 is 0 Å². The number of ether oxygens (including phenoxy) is 28. The third-order valence-electron chi connectivity index (χ3n) is 22.3. The number of benzene rings is 14. The van der Waals surface area contributed by atoms with Crippen LogP contribution in [0.5, 0.6) is 161 Å². The molecule has 748 valence electrons. The van der Waals surface area contributed by atoms with Crippen LogP contribution in [0.3, 0.4) is 0 Å². The molecule has 29 heteroatoms. The summed E-state index contributed by atoms with van der Waals surface area (Å²) >= 11 is -0.171. The molecular weight excluding hydrogens is 1900 g/mol. The summed E-state index contributed by atoms with van der Waals surface area (Å²) in [5.41, 5.74) is 11.4. The molecule has 0 aliphatic carbocycles. The fraction of sp³-hybridized carbons (Fsp3) is 0.263. The third-order valence-corrected chi connectivity index (χ3v) is 24.6. The van der Waals surface area contributed by atoms with E-state index in [4.69, 9.17) is 133 Å². The Balaban J connectivity index is 0.808. The van der Waals surface area contributed by atoms with E-state index in [1.165, 1.54) is 0 Å². The first-order valence-electron chi connectivity index (χ1n) is 45.5. The Labute approximate surface area is 840 Å². The molecule has 0 heterocycles. The molecule has 0 N–H and O–H groups in total. The van der Waals surface area contributed by atoms with Crippen molar-refractivity contribution in [1.29, 1.82) is 0 Å². The van der Waals surface area contributed by atoms with E-state index in [0.29, 0.717) is 172 Å². The van der Waals surface area contributed by atoms with E-state index in [1.807, 2.05) is 255 Å². The Bertz CT molecular complexity index is 5310. The molecule has 0 unspecified atom stereocenters. The van der Waals surface area contributed by atoms with E-state index in [9.17, 15) is 0 Å². The third kappa shape index (κ3) is 31.0. The summed E-state index contributed by atoms with van der Waals surface area (Å²) in [5, 5.41) is 1.19. The summed E-state index contributed by atoms with van der Waals surface area (Å²) in [4.78, 5) is 0. The maximum Gasteiger partial charge on any atom is 0.122 e. The van der Waals surface area contributed by atoms with Gasteiger partial charge in [0, 0.05) is 48.5 Å².